The standard InChI is InChI=1S/C5H2F6O4.Li/c6-3(7,1(12)13)5(10,11)4(8,9)2(14)15;/h(H,12,13)(H,14,15);/q;+1/p-2. The molecule has 0 aromatic heterocycles. The molecule has 88 valence electrons. The fourth-order valence-corrected chi connectivity index (χ4v) is 0.454. The van der Waals surface area contributed by atoms with E-state index in [-0.39, 0.29) is 18.9 Å². The quantitative estimate of drug-likeness (QED) is 0.368. The first-order valence-electron chi connectivity index (χ1n) is 2.95. The molecule has 4 nitrogen and oxygen atoms in total. The third-order valence-electron chi connectivity index (χ3n) is 1.30. The smallest absolute Gasteiger partial charge is 0.544 e. The minimum absolute atomic E-state index is 0. The molecule has 0 aliphatic heterocycles. The van der Waals surface area contributed by atoms with E-state index in [1.54, 1.807) is 0 Å². The van der Waals surface area contributed by atoms with Crippen molar-refractivity contribution in [1.29, 1.82) is 0 Å². The molecule has 16 heavy (non-hydrogen) atoms. The summed E-state index contributed by atoms with van der Waals surface area (Å²) in [5.41, 5.74) is 0. The van der Waals surface area contributed by atoms with Gasteiger partial charge in [-0.1, -0.05) is 0 Å². The van der Waals surface area contributed by atoms with Gasteiger partial charge in [0.25, 0.3) is 0 Å². The van der Waals surface area contributed by atoms with Gasteiger partial charge in [-0.3, -0.25) is 0 Å². The van der Waals surface area contributed by atoms with Crippen LogP contribution in [0.25, 0.3) is 0 Å². The van der Waals surface area contributed by atoms with Crippen LogP contribution in [0.5, 0.6) is 0 Å². The van der Waals surface area contributed by atoms with Crippen LogP contribution in [0.4, 0.5) is 26.3 Å². The summed E-state index contributed by atoms with van der Waals surface area (Å²) in [6, 6.07) is 0. The number of aliphatic carboxylic acids is 2. The van der Waals surface area contributed by atoms with Gasteiger partial charge in [0.1, 0.15) is 11.9 Å². The van der Waals surface area contributed by atoms with Crippen molar-refractivity contribution < 1.29 is 65.0 Å². The van der Waals surface area contributed by atoms with Gasteiger partial charge in [-0.05, 0) is 0 Å². The van der Waals surface area contributed by atoms with E-state index in [0.29, 0.717) is 0 Å². The summed E-state index contributed by atoms with van der Waals surface area (Å²) < 4.78 is 72.3. The van der Waals surface area contributed by atoms with Gasteiger partial charge in [0.2, 0.25) is 0 Å². The zero-order chi connectivity index (χ0) is 12.7. The molecule has 0 saturated carbocycles. The summed E-state index contributed by atoms with van der Waals surface area (Å²) in [4.78, 5) is 18.9. The van der Waals surface area contributed by atoms with Crippen LogP contribution in [0.15, 0.2) is 0 Å². The average Bonchev–Trinajstić information content (AvgIpc) is 2.02. The molecular weight excluding hydrogens is 245 g/mol. The van der Waals surface area contributed by atoms with Crippen LogP contribution in [0, 0.1) is 0 Å². The van der Waals surface area contributed by atoms with Gasteiger partial charge in [0.15, 0.2) is 0 Å². The Kier molecular flexibility index (Phi) is 4.97. The third-order valence-corrected chi connectivity index (χ3v) is 1.30. The SMILES string of the molecule is O=C([O-])C(F)(F)C(F)(F)C(F)(F)C(=O)[O-].[Li+]. The van der Waals surface area contributed by atoms with Crippen molar-refractivity contribution in [2.45, 2.75) is 17.8 Å². The predicted molar refractivity (Wildman–Crippen MR) is 24.9 cm³/mol. The van der Waals surface area contributed by atoms with Gasteiger partial charge in [0, 0.05) is 0 Å². The van der Waals surface area contributed by atoms with Crippen LogP contribution in [-0.4, -0.2) is 29.7 Å². The second-order valence-corrected chi connectivity index (χ2v) is 2.30. The predicted octanol–water partition coefficient (Wildman–Crippen LogP) is -4.60. The number of carboxylic acids is 2. The monoisotopic (exact) mass is 245 g/mol. The molecule has 0 saturated heterocycles. The maximum Gasteiger partial charge on any atom is 1.00 e. The van der Waals surface area contributed by atoms with Crippen LogP contribution in [-0.2, 0) is 9.59 Å². The number of hydrogen-bond donors (Lipinski definition) is 0. The van der Waals surface area contributed by atoms with Crippen LogP contribution in [0.1, 0.15) is 0 Å². The Hall–Kier alpha value is -0.883. The molecule has 0 unspecified atom stereocenters. The van der Waals surface area contributed by atoms with Crippen LogP contribution in [0.3, 0.4) is 0 Å². The molecule has 0 atom stereocenters. The average molecular weight is 245 g/mol. The molecule has 0 fully saturated rings. The summed E-state index contributed by atoms with van der Waals surface area (Å²) in [6.07, 6.45) is 0. The zero-order valence-electron chi connectivity index (χ0n) is 7.40. The number of carbonyl (C=O) groups is 2. The first kappa shape index (κ1) is 17.5. The summed E-state index contributed by atoms with van der Waals surface area (Å²) in [5, 5.41) is 18.9. The number of rotatable bonds is 4. The van der Waals surface area contributed by atoms with Gasteiger partial charge in [-0.15, -0.1) is 0 Å². The van der Waals surface area contributed by atoms with E-state index in [1.807, 2.05) is 0 Å². The molecule has 0 aliphatic carbocycles. The molecule has 0 rings (SSSR count). The summed E-state index contributed by atoms with van der Waals surface area (Å²) in [5.74, 6) is -27.0. The van der Waals surface area contributed by atoms with E-state index in [1.165, 1.54) is 0 Å². The summed E-state index contributed by atoms with van der Waals surface area (Å²) >= 11 is 0. The molecule has 0 aromatic carbocycles. The Morgan fingerprint density at radius 3 is 1.06 bits per heavy atom. The van der Waals surface area contributed by atoms with Gasteiger partial charge in [0.05, 0.1) is 0 Å². The normalized spacial score (nSPS) is 12.9. The largest absolute Gasteiger partial charge is 1.00 e. The molecule has 11 heteroatoms. The third kappa shape index (κ3) is 2.27. The second kappa shape index (κ2) is 4.55. The molecule has 0 aromatic rings. The number of halogens is 6. The number of carbonyl (C=O) groups excluding carboxylic acids is 2. The van der Waals surface area contributed by atoms with Crippen molar-refractivity contribution >= 4 is 11.9 Å². The Morgan fingerprint density at radius 2 is 0.938 bits per heavy atom. The van der Waals surface area contributed by atoms with E-state index in [9.17, 15) is 46.1 Å². The molecule has 0 bridgehead atoms. The number of alkyl halides is 6. The molecule has 0 aliphatic rings. The fourth-order valence-electron chi connectivity index (χ4n) is 0.454. The molecule has 0 amide bonds. The minimum atomic E-state index is -6.66. The van der Waals surface area contributed by atoms with Crippen LogP contribution in [0.2, 0.25) is 0 Å². The first-order valence-corrected chi connectivity index (χ1v) is 2.95. The van der Waals surface area contributed by atoms with Gasteiger partial charge >= 0.3 is 36.6 Å². The van der Waals surface area contributed by atoms with Crippen molar-refractivity contribution in [3.05, 3.63) is 0 Å². The number of hydrogen-bond acceptors (Lipinski definition) is 4. The Balaban J connectivity index is 0. The fraction of sp³-hybridized carbons (Fsp3) is 0.600. The van der Waals surface area contributed by atoms with Gasteiger partial charge in [-0.2, -0.15) is 26.3 Å². The van der Waals surface area contributed by atoms with Crippen molar-refractivity contribution in [2.24, 2.45) is 0 Å². The minimum Gasteiger partial charge on any atom is -0.544 e. The van der Waals surface area contributed by atoms with Gasteiger partial charge in [-0.25, -0.2) is 0 Å². The summed E-state index contributed by atoms with van der Waals surface area (Å²) in [7, 11) is 0. The molecule has 0 N–H and O–H groups in total. The van der Waals surface area contributed by atoms with E-state index < -0.39 is 29.7 Å². The van der Waals surface area contributed by atoms with Crippen molar-refractivity contribution in [2.75, 3.05) is 0 Å². The Morgan fingerprint density at radius 1 is 0.750 bits per heavy atom. The van der Waals surface area contributed by atoms with Gasteiger partial charge < -0.3 is 19.8 Å². The van der Waals surface area contributed by atoms with Crippen molar-refractivity contribution in [1.82, 2.24) is 0 Å². The molecule has 0 spiro atoms. The Labute approximate surface area is 95.4 Å². The maximum absolute atomic E-state index is 12.1. The number of carboxylic acid groups (broad SMARTS) is 2. The molecule has 0 radical (unpaired) electrons. The van der Waals surface area contributed by atoms with E-state index in [0.717, 1.165) is 0 Å². The van der Waals surface area contributed by atoms with Crippen molar-refractivity contribution in [3.8, 4) is 0 Å². The maximum atomic E-state index is 12.1. The zero-order valence-corrected chi connectivity index (χ0v) is 7.40. The van der Waals surface area contributed by atoms with E-state index >= 15 is 0 Å². The molecular formula is C5F6LiO4-. The molecule has 0 heterocycles. The topological polar surface area (TPSA) is 80.3 Å². The Bertz CT molecular complexity index is 275. The first-order chi connectivity index (χ1) is 6.39. The van der Waals surface area contributed by atoms with Crippen molar-refractivity contribution in [3.63, 3.8) is 0 Å². The second-order valence-electron chi connectivity index (χ2n) is 2.30. The summed E-state index contributed by atoms with van der Waals surface area (Å²) in [6.45, 7) is 0. The van der Waals surface area contributed by atoms with Crippen LogP contribution >= 0.6 is 0 Å². The van der Waals surface area contributed by atoms with E-state index in [4.69, 9.17) is 0 Å². The van der Waals surface area contributed by atoms with E-state index in [2.05, 4.69) is 0 Å². The van der Waals surface area contributed by atoms with Crippen LogP contribution < -0.4 is 29.1 Å².